The molecule has 1 unspecified atom stereocenters. The molecule has 0 fully saturated rings. The minimum Gasteiger partial charge on any atom is -0.311 e. The van der Waals surface area contributed by atoms with Gasteiger partial charge in [-0.05, 0) is 42.8 Å². The second-order valence-corrected chi connectivity index (χ2v) is 8.57. The molecule has 0 radical (unpaired) electrons. The van der Waals surface area contributed by atoms with Crippen LogP contribution < -0.4 is 15.3 Å². The maximum Gasteiger partial charge on any atom is 0.230 e. The first-order valence-electron chi connectivity index (χ1n) is 7.78. The predicted molar refractivity (Wildman–Crippen MR) is 97.1 cm³/mol. The van der Waals surface area contributed by atoms with Crippen molar-refractivity contribution in [3.63, 3.8) is 0 Å². The molecule has 3 aromatic rings. The molecule has 0 aromatic heterocycles. The third-order valence-corrected chi connectivity index (χ3v) is 7.56. The number of rotatable bonds is 2. The number of fused-ring (bicyclic) bond motifs is 1. The molecule has 23 heavy (non-hydrogen) atoms. The lowest BCUT2D eigenvalue weighted by molar-refractivity contribution is 0.585. The highest BCUT2D eigenvalue weighted by molar-refractivity contribution is 7.80. The van der Waals surface area contributed by atoms with Crippen molar-refractivity contribution in [2.75, 3.05) is 4.67 Å². The lowest BCUT2D eigenvalue weighted by Gasteiger charge is -2.28. The Morgan fingerprint density at radius 2 is 1.48 bits per heavy atom. The summed E-state index contributed by atoms with van der Waals surface area (Å²) in [4.78, 5) is 0. The summed E-state index contributed by atoms with van der Waals surface area (Å²) in [6, 6.07) is 26.2. The summed E-state index contributed by atoms with van der Waals surface area (Å²) >= 11 is 0. The fraction of sp³-hybridized carbons (Fsp3) is 0.100. The van der Waals surface area contributed by atoms with Crippen LogP contribution in [0.15, 0.2) is 78.9 Å². The van der Waals surface area contributed by atoms with Crippen molar-refractivity contribution in [1.82, 2.24) is 0 Å². The first-order chi connectivity index (χ1) is 11.2. The molecular weight excluding hydrogens is 301 g/mol. The van der Waals surface area contributed by atoms with E-state index in [1.165, 1.54) is 5.56 Å². The number of hydrogen-bond acceptors (Lipinski definition) is 1. The van der Waals surface area contributed by atoms with Crippen LogP contribution in [0.4, 0.5) is 5.69 Å². The van der Waals surface area contributed by atoms with Crippen LogP contribution in [0.5, 0.6) is 0 Å². The second-order valence-electron chi connectivity index (χ2n) is 5.93. The molecule has 2 nitrogen and oxygen atoms in total. The van der Waals surface area contributed by atoms with Crippen LogP contribution in [0.2, 0.25) is 0 Å². The standard InChI is InChI=1S/C20H18NOP/c1-16-11-13-18(14-12-16)21-15-17-7-5-6-10-20(17)23(21,22)19-8-3-2-4-9-19/h2-14H,15H2,1H3. The van der Waals surface area contributed by atoms with Gasteiger partial charge in [0, 0.05) is 16.3 Å². The second kappa shape index (κ2) is 5.40. The van der Waals surface area contributed by atoms with Crippen LogP contribution in [0.25, 0.3) is 0 Å². The Labute approximate surface area is 136 Å². The molecule has 4 rings (SSSR count). The monoisotopic (exact) mass is 319 g/mol. The van der Waals surface area contributed by atoms with E-state index in [-0.39, 0.29) is 0 Å². The van der Waals surface area contributed by atoms with E-state index in [4.69, 9.17) is 0 Å². The molecular formula is C20H18NOP. The average molecular weight is 319 g/mol. The third-order valence-electron chi connectivity index (χ3n) is 4.42. The number of benzene rings is 3. The largest absolute Gasteiger partial charge is 0.311 e. The molecule has 1 aliphatic rings. The van der Waals surface area contributed by atoms with E-state index in [9.17, 15) is 4.57 Å². The summed E-state index contributed by atoms with van der Waals surface area (Å²) in [5.41, 5.74) is 3.37. The molecule has 0 bridgehead atoms. The van der Waals surface area contributed by atoms with Crippen molar-refractivity contribution in [3.05, 3.63) is 90.0 Å². The van der Waals surface area contributed by atoms with Gasteiger partial charge >= 0.3 is 0 Å². The van der Waals surface area contributed by atoms with Crippen LogP contribution in [0, 0.1) is 6.92 Å². The Morgan fingerprint density at radius 3 is 2.22 bits per heavy atom. The van der Waals surface area contributed by atoms with Crippen molar-refractivity contribution in [2.24, 2.45) is 0 Å². The number of hydrogen-bond donors (Lipinski definition) is 0. The van der Waals surface area contributed by atoms with E-state index < -0.39 is 7.29 Å². The minimum absolute atomic E-state index is 0.686. The lowest BCUT2D eigenvalue weighted by Crippen LogP contribution is -2.24. The first kappa shape index (κ1) is 14.3. The van der Waals surface area contributed by atoms with Gasteiger partial charge in [0.2, 0.25) is 7.29 Å². The van der Waals surface area contributed by atoms with Crippen LogP contribution >= 0.6 is 7.29 Å². The first-order valence-corrected chi connectivity index (χ1v) is 9.44. The summed E-state index contributed by atoms with van der Waals surface area (Å²) < 4.78 is 16.3. The van der Waals surface area contributed by atoms with Crippen LogP contribution in [0.3, 0.4) is 0 Å². The zero-order valence-corrected chi connectivity index (χ0v) is 13.9. The molecule has 0 spiro atoms. The summed E-state index contributed by atoms with van der Waals surface area (Å²) in [5.74, 6) is 0. The predicted octanol–water partition coefficient (Wildman–Crippen LogP) is 4.24. The highest BCUT2D eigenvalue weighted by Crippen LogP contribution is 2.55. The topological polar surface area (TPSA) is 20.3 Å². The Hall–Kier alpha value is -2.31. The SMILES string of the molecule is Cc1ccc(N2Cc3ccccc3P2(=O)c2ccccc2)cc1. The van der Waals surface area contributed by atoms with Gasteiger partial charge in [0.15, 0.2) is 0 Å². The molecule has 0 amide bonds. The van der Waals surface area contributed by atoms with E-state index in [0.29, 0.717) is 6.54 Å². The Morgan fingerprint density at radius 1 is 0.826 bits per heavy atom. The molecule has 114 valence electrons. The molecule has 0 saturated carbocycles. The normalized spacial score (nSPS) is 19.6. The highest BCUT2D eigenvalue weighted by atomic mass is 31.2. The fourth-order valence-electron chi connectivity index (χ4n) is 3.21. The van der Waals surface area contributed by atoms with Crippen LogP contribution in [-0.2, 0) is 11.1 Å². The maximum atomic E-state index is 14.2. The summed E-state index contributed by atoms with van der Waals surface area (Å²) in [6.07, 6.45) is 0. The van der Waals surface area contributed by atoms with Gasteiger partial charge in [0.05, 0.1) is 6.54 Å². The summed E-state index contributed by atoms with van der Waals surface area (Å²) in [6.45, 7) is 2.75. The summed E-state index contributed by atoms with van der Waals surface area (Å²) in [7, 11) is -2.83. The molecule has 0 saturated heterocycles. The number of aryl methyl sites for hydroxylation is 1. The molecule has 1 heterocycles. The average Bonchev–Trinajstić information content (AvgIpc) is 2.91. The van der Waals surface area contributed by atoms with Gasteiger partial charge in [-0.15, -0.1) is 0 Å². The molecule has 1 aliphatic heterocycles. The Kier molecular flexibility index (Phi) is 3.36. The van der Waals surface area contributed by atoms with E-state index in [1.807, 2.05) is 48.5 Å². The van der Waals surface area contributed by atoms with E-state index in [1.54, 1.807) is 0 Å². The van der Waals surface area contributed by atoms with Crippen LogP contribution in [-0.4, -0.2) is 0 Å². The molecule has 0 aliphatic carbocycles. The number of nitrogens with zero attached hydrogens (tertiary/aromatic N) is 1. The fourth-order valence-corrected chi connectivity index (χ4v) is 6.24. The van der Waals surface area contributed by atoms with Gasteiger partial charge < -0.3 is 4.67 Å². The molecule has 0 N–H and O–H groups in total. The smallest absolute Gasteiger partial charge is 0.230 e. The van der Waals surface area contributed by atoms with Crippen molar-refractivity contribution < 1.29 is 4.57 Å². The van der Waals surface area contributed by atoms with Gasteiger partial charge in [-0.1, -0.05) is 54.1 Å². The van der Waals surface area contributed by atoms with Crippen molar-refractivity contribution in [2.45, 2.75) is 13.5 Å². The van der Waals surface area contributed by atoms with Gasteiger partial charge in [0.1, 0.15) is 0 Å². The zero-order chi connectivity index (χ0) is 15.9. The highest BCUT2D eigenvalue weighted by Gasteiger charge is 2.41. The maximum absolute atomic E-state index is 14.2. The van der Waals surface area contributed by atoms with Crippen molar-refractivity contribution >= 4 is 23.6 Å². The van der Waals surface area contributed by atoms with E-state index in [2.05, 4.69) is 41.9 Å². The minimum atomic E-state index is -2.83. The van der Waals surface area contributed by atoms with Gasteiger partial charge in [-0.25, -0.2) is 0 Å². The third kappa shape index (κ3) is 2.22. The molecule has 1 atom stereocenters. The van der Waals surface area contributed by atoms with E-state index in [0.717, 1.165) is 21.9 Å². The van der Waals surface area contributed by atoms with Gasteiger partial charge in [-0.2, -0.15) is 0 Å². The molecule has 3 heteroatoms. The van der Waals surface area contributed by atoms with E-state index >= 15 is 0 Å². The van der Waals surface area contributed by atoms with Crippen LogP contribution in [0.1, 0.15) is 11.1 Å². The van der Waals surface area contributed by atoms with Crippen molar-refractivity contribution in [1.29, 1.82) is 0 Å². The van der Waals surface area contributed by atoms with Crippen molar-refractivity contribution in [3.8, 4) is 0 Å². The number of anilines is 1. The molecule has 3 aromatic carbocycles. The Balaban J connectivity index is 1.93. The van der Waals surface area contributed by atoms with Gasteiger partial charge in [0.25, 0.3) is 0 Å². The summed E-state index contributed by atoms with van der Waals surface area (Å²) in [5, 5.41) is 1.86. The quantitative estimate of drug-likeness (QED) is 0.658. The zero-order valence-electron chi connectivity index (χ0n) is 13.0. The lowest BCUT2D eigenvalue weighted by atomic mass is 10.2. The van der Waals surface area contributed by atoms with Gasteiger partial charge in [-0.3, -0.25) is 4.57 Å². The Bertz CT molecular complexity index is 887.